The largest absolute Gasteiger partial charge is 0.486 e. The van der Waals surface area contributed by atoms with E-state index >= 15 is 0 Å². The first-order valence-electron chi connectivity index (χ1n) is 11.8. The molecule has 2 amide bonds. The lowest BCUT2D eigenvalue weighted by molar-refractivity contribution is -0.114. The molecule has 1 aliphatic rings. The molecule has 8 nitrogen and oxygen atoms in total. The van der Waals surface area contributed by atoms with E-state index in [1.807, 2.05) is 48.7 Å². The van der Waals surface area contributed by atoms with E-state index in [4.69, 9.17) is 9.47 Å². The number of aromatic nitrogens is 1. The molecular formula is C28H27N3O5. The van der Waals surface area contributed by atoms with Gasteiger partial charge in [-0.2, -0.15) is 0 Å². The van der Waals surface area contributed by atoms with E-state index < -0.39 is 6.04 Å². The van der Waals surface area contributed by atoms with Crippen LogP contribution >= 0.6 is 0 Å². The van der Waals surface area contributed by atoms with Crippen LogP contribution in [0, 0.1) is 0 Å². The highest BCUT2D eigenvalue weighted by Gasteiger charge is 2.25. The lowest BCUT2D eigenvalue weighted by atomic mass is 10.00. The zero-order chi connectivity index (χ0) is 25.1. The van der Waals surface area contributed by atoms with Crippen LogP contribution in [-0.4, -0.2) is 47.8 Å². The van der Waals surface area contributed by atoms with Crippen molar-refractivity contribution in [1.29, 1.82) is 0 Å². The minimum atomic E-state index is -0.488. The van der Waals surface area contributed by atoms with E-state index in [2.05, 4.69) is 15.6 Å². The van der Waals surface area contributed by atoms with Gasteiger partial charge < -0.3 is 30.2 Å². The molecule has 0 spiro atoms. The molecule has 5 rings (SSSR count). The number of para-hydroxylation sites is 1. The summed E-state index contributed by atoms with van der Waals surface area (Å²) in [6.45, 7) is 1.97. The minimum Gasteiger partial charge on any atom is -0.486 e. The summed E-state index contributed by atoms with van der Waals surface area (Å²) < 4.78 is 11.6. The average Bonchev–Trinajstić information content (AvgIpc) is 3.30. The Morgan fingerprint density at radius 3 is 2.58 bits per heavy atom. The first-order chi connectivity index (χ1) is 17.5. The zero-order valence-corrected chi connectivity index (χ0v) is 19.8. The number of carbonyl (C=O) groups is 2. The Labute approximate surface area is 208 Å². The van der Waals surface area contributed by atoms with Crippen molar-refractivity contribution >= 4 is 28.4 Å². The lowest BCUT2D eigenvalue weighted by Crippen LogP contribution is -2.39. The molecule has 36 heavy (non-hydrogen) atoms. The van der Waals surface area contributed by atoms with Gasteiger partial charge in [-0.25, -0.2) is 0 Å². The van der Waals surface area contributed by atoms with E-state index in [0.29, 0.717) is 42.4 Å². The van der Waals surface area contributed by atoms with Gasteiger partial charge in [-0.3, -0.25) is 9.59 Å². The lowest BCUT2D eigenvalue weighted by Gasteiger charge is -2.23. The van der Waals surface area contributed by atoms with Crippen molar-refractivity contribution in [3.63, 3.8) is 0 Å². The van der Waals surface area contributed by atoms with Gasteiger partial charge in [-0.15, -0.1) is 0 Å². The standard InChI is InChI=1S/C28H27N3O5/c1-17(33)30-21-8-6-18(7-9-21)19-13-24(27-26(14-19)35-10-11-36-27)28(34)31-22(16-32)12-20-15-29-25-5-3-2-4-23(20)25/h2-9,13-15,22,29,32H,10-12,16H2,1H3,(H,30,33)(H,31,34)/t22-/m1/s1. The Morgan fingerprint density at radius 1 is 1.03 bits per heavy atom. The van der Waals surface area contributed by atoms with E-state index in [1.54, 1.807) is 18.2 Å². The number of H-pyrrole nitrogens is 1. The second kappa shape index (κ2) is 10.1. The second-order valence-electron chi connectivity index (χ2n) is 8.72. The average molecular weight is 486 g/mol. The monoisotopic (exact) mass is 485 g/mol. The van der Waals surface area contributed by atoms with Gasteiger partial charge in [-0.05, 0) is 53.4 Å². The fourth-order valence-corrected chi connectivity index (χ4v) is 4.43. The number of aliphatic hydroxyl groups is 1. The number of benzene rings is 3. The Morgan fingerprint density at radius 2 is 1.81 bits per heavy atom. The van der Waals surface area contributed by atoms with Crippen LogP contribution in [0.5, 0.6) is 11.5 Å². The smallest absolute Gasteiger partial charge is 0.255 e. The summed E-state index contributed by atoms with van der Waals surface area (Å²) >= 11 is 0. The van der Waals surface area contributed by atoms with Gasteiger partial charge in [0.25, 0.3) is 5.91 Å². The molecule has 2 heterocycles. The maximum absolute atomic E-state index is 13.4. The topological polar surface area (TPSA) is 113 Å². The molecule has 0 aliphatic carbocycles. The summed E-state index contributed by atoms with van der Waals surface area (Å²) in [5.74, 6) is 0.382. The van der Waals surface area contributed by atoms with Gasteiger partial charge in [-0.1, -0.05) is 30.3 Å². The fourth-order valence-electron chi connectivity index (χ4n) is 4.43. The summed E-state index contributed by atoms with van der Waals surface area (Å²) in [5.41, 5.74) is 4.67. The van der Waals surface area contributed by atoms with Crippen molar-refractivity contribution < 1.29 is 24.2 Å². The molecule has 1 atom stereocenters. The minimum absolute atomic E-state index is 0.146. The van der Waals surface area contributed by atoms with Crippen LogP contribution in [0.25, 0.3) is 22.0 Å². The molecule has 0 bridgehead atoms. The number of hydrogen-bond donors (Lipinski definition) is 4. The van der Waals surface area contributed by atoms with Crippen LogP contribution in [-0.2, 0) is 11.2 Å². The van der Waals surface area contributed by atoms with Crippen LogP contribution < -0.4 is 20.1 Å². The van der Waals surface area contributed by atoms with Crippen molar-refractivity contribution in [1.82, 2.24) is 10.3 Å². The van der Waals surface area contributed by atoms with Crippen molar-refractivity contribution in [2.75, 3.05) is 25.1 Å². The van der Waals surface area contributed by atoms with Crippen LogP contribution in [0.4, 0.5) is 5.69 Å². The highest BCUT2D eigenvalue weighted by Crippen LogP contribution is 2.38. The third kappa shape index (κ3) is 4.89. The first-order valence-corrected chi connectivity index (χ1v) is 11.8. The van der Waals surface area contributed by atoms with Crippen molar-refractivity contribution in [2.24, 2.45) is 0 Å². The molecule has 4 aromatic rings. The SMILES string of the molecule is CC(=O)Nc1ccc(-c2cc3c(c(C(=O)N[C@@H](CO)Cc4c[nH]c5ccccc45)c2)OCCO3)cc1. The number of fused-ring (bicyclic) bond motifs is 2. The van der Waals surface area contributed by atoms with Crippen molar-refractivity contribution in [3.8, 4) is 22.6 Å². The Balaban J connectivity index is 1.41. The molecule has 4 N–H and O–H groups in total. The first kappa shape index (κ1) is 23.4. The summed E-state index contributed by atoms with van der Waals surface area (Å²) in [7, 11) is 0. The van der Waals surface area contributed by atoms with Gasteiger partial charge in [0.05, 0.1) is 18.2 Å². The molecule has 3 aromatic carbocycles. The molecule has 1 aliphatic heterocycles. The molecule has 0 radical (unpaired) electrons. The Hall–Kier alpha value is -4.30. The normalized spacial score (nSPS) is 13.3. The van der Waals surface area contributed by atoms with Crippen molar-refractivity contribution in [2.45, 2.75) is 19.4 Å². The fraction of sp³-hybridized carbons (Fsp3) is 0.214. The predicted octanol–water partition coefficient (Wildman–Crippen LogP) is 3.90. The number of aromatic amines is 1. The molecule has 8 heteroatoms. The summed E-state index contributed by atoms with van der Waals surface area (Å²) in [6, 6.07) is 18.4. The van der Waals surface area contributed by atoms with Crippen LogP contribution in [0.1, 0.15) is 22.8 Å². The molecule has 0 saturated carbocycles. The highest BCUT2D eigenvalue weighted by atomic mass is 16.6. The van der Waals surface area contributed by atoms with Crippen LogP contribution in [0.15, 0.2) is 66.9 Å². The van der Waals surface area contributed by atoms with Gasteiger partial charge in [0.2, 0.25) is 5.91 Å². The molecular weight excluding hydrogens is 458 g/mol. The second-order valence-corrected chi connectivity index (χ2v) is 8.72. The van der Waals surface area contributed by atoms with Gasteiger partial charge in [0.1, 0.15) is 13.2 Å². The maximum atomic E-state index is 13.4. The van der Waals surface area contributed by atoms with Crippen molar-refractivity contribution in [3.05, 3.63) is 78.0 Å². The number of aliphatic hydroxyl groups excluding tert-OH is 1. The van der Waals surface area contributed by atoms with Gasteiger partial charge in [0.15, 0.2) is 11.5 Å². The number of ether oxygens (including phenoxy) is 2. The molecule has 0 unspecified atom stereocenters. The number of amides is 2. The maximum Gasteiger partial charge on any atom is 0.255 e. The van der Waals surface area contributed by atoms with E-state index in [0.717, 1.165) is 27.6 Å². The van der Waals surface area contributed by atoms with Crippen LogP contribution in [0.3, 0.4) is 0 Å². The quantitative estimate of drug-likeness (QED) is 0.317. The summed E-state index contributed by atoms with van der Waals surface area (Å²) in [5, 5.41) is 16.8. The van der Waals surface area contributed by atoms with Crippen LogP contribution in [0.2, 0.25) is 0 Å². The number of rotatable bonds is 7. The third-order valence-corrected chi connectivity index (χ3v) is 6.12. The number of hydrogen-bond acceptors (Lipinski definition) is 5. The highest BCUT2D eigenvalue weighted by molar-refractivity contribution is 6.00. The molecule has 1 aromatic heterocycles. The zero-order valence-electron chi connectivity index (χ0n) is 19.8. The molecule has 184 valence electrons. The Kier molecular flexibility index (Phi) is 6.60. The molecule has 0 fully saturated rings. The Bertz CT molecular complexity index is 1410. The summed E-state index contributed by atoms with van der Waals surface area (Å²) in [4.78, 5) is 28.0. The third-order valence-electron chi connectivity index (χ3n) is 6.12. The number of anilines is 1. The number of nitrogens with one attached hydrogen (secondary N) is 3. The van der Waals surface area contributed by atoms with E-state index in [9.17, 15) is 14.7 Å². The van der Waals surface area contributed by atoms with E-state index in [1.165, 1.54) is 6.92 Å². The predicted molar refractivity (Wildman–Crippen MR) is 138 cm³/mol. The van der Waals surface area contributed by atoms with Gasteiger partial charge >= 0.3 is 0 Å². The van der Waals surface area contributed by atoms with Gasteiger partial charge in [0, 0.05) is 29.7 Å². The van der Waals surface area contributed by atoms with E-state index in [-0.39, 0.29) is 18.4 Å². The molecule has 0 saturated heterocycles. The number of carbonyl (C=O) groups excluding carboxylic acids is 2. The summed E-state index contributed by atoms with van der Waals surface area (Å²) in [6.07, 6.45) is 2.37.